The minimum absolute atomic E-state index is 0.128. The third-order valence-electron chi connectivity index (χ3n) is 2.58. The van der Waals surface area contributed by atoms with Gasteiger partial charge >= 0.3 is 5.97 Å². The number of esters is 1. The van der Waals surface area contributed by atoms with E-state index in [2.05, 4.69) is 0 Å². The molecule has 0 aromatic heterocycles. The van der Waals surface area contributed by atoms with Gasteiger partial charge in [0.2, 0.25) is 0 Å². The largest absolute Gasteiger partial charge is 0.449 e. The van der Waals surface area contributed by atoms with Crippen LogP contribution in [-0.4, -0.2) is 11.8 Å². The molecule has 1 saturated carbocycles. The molecule has 0 amide bonds. The quantitative estimate of drug-likeness (QED) is 0.585. The van der Waals surface area contributed by atoms with Gasteiger partial charge in [-0.05, 0) is 18.6 Å². The Morgan fingerprint density at radius 1 is 1.38 bits per heavy atom. The fraction of sp³-hybridized carbons (Fsp3) is 0.417. The molecular formula is C12H13FO3. The molecule has 0 heterocycles. The third-order valence-corrected chi connectivity index (χ3v) is 2.58. The van der Waals surface area contributed by atoms with Crippen molar-refractivity contribution >= 4 is 5.97 Å². The first-order valence-electron chi connectivity index (χ1n) is 5.24. The van der Waals surface area contributed by atoms with Gasteiger partial charge in [-0.25, -0.2) is 4.39 Å². The van der Waals surface area contributed by atoms with Crippen LogP contribution in [0.3, 0.4) is 0 Å². The first kappa shape index (κ1) is 10.9. The van der Waals surface area contributed by atoms with E-state index < -0.39 is 17.6 Å². The molecule has 1 aromatic rings. The molecular weight excluding hydrogens is 211 g/mol. The molecule has 16 heavy (non-hydrogen) atoms. The van der Waals surface area contributed by atoms with E-state index >= 15 is 0 Å². The summed E-state index contributed by atoms with van der Waals surface area (Å²) in [5.74, 6) is -1.67. The normalized spacial score (nSPS) is 17.4. The monoisotopic (exact) mass is 224 g/mol. The second-order valence-corrected chi connectivity index (χ2v) is 3.89. The number of rotatable bonds is 3. The Bertz CT molecular complexity index is 399. The number of hydrogen-bond acceptors (Lipinski definition) is 3. The number of benzene rings is 1. The summed E-state index contributed by atoms with van der Waals surface area (Å²) in [4.78, 5) is 10.9. The molecule has 1 aliphatic carbocycles. The summed E-state index contributed by atoms with van der Waals surface area (Å²) in [7, 11) is 0. The van der Waals surface area contributed by atoms with Crippen molar-refractivity contribution in [1.82, 2.24) is 0 Å². The predicted molar refractivity (Wildman–Crippen MR) is 55.4 cm³/mol. The van der Waals surface area contributed by atoms with Crippen LogP contribution in [0.2, 0.25) is 0 Å². The smallest absolute Gasteiger partial charge is 0.305 e. The van der Waals surface area contributed by atoms with Gasteiger partial charge in [-0.3, -0.25) is 4.79 Å². The van der Waals surface area contributed by atoms with Crippen LogP contribution >= 0.6 is 0 Å². The second-order valence-electron chi connectivity index (χ2n) is 3.89. The summed E-state index contributed by atoms with van der Waals surface area (Å²) in [5.41, 5.74) is 0. The second kappa shape index (κ2) is 4.12. The predicted octanol–water partition coefficient (Wildman–Crippen LogP) is 2.65. The van der Waals surface area contributed by atoms with E-state index in [0.29, 0.717) is 12.8 Å². The lowest BCUT2D eigenvalue weighted by Crippen LogP contribution is -2.47. The van der Waals surface area contributed by atoms with Gasteiger partial charge in [0, 0.05) is 19.8 Å². The zero-order valence-corrected chi connectivity index (χ0v) is 9.03. The maximum absolute atomic E-state index is 13.4. The summed E-state index contributed by atoms with van der Waals surface area (Å²) >= 11 is 0. The summed E-state index contributed by atoms with van der Waals surface area (Å²) in [6.45, 7) is 1.32. The lowest BCUT2D eigenvalue weighted by atomic mass is 9.91. The van der Waals surface area contributed by atoms with E-state index in [9.17, 15) is 9.18 Å². The Morgan fingerprint density at radius 2 is 2.06 bits per heavy atom. The molecule has 4 heteroatoms. The molecule has 0 bridgehead atoms. The molecule has 1 aromatic carbocycles. The molecule has 1 aliphatic rings. The molecule has 3 nitrogen and oxygen atoms in total. The van der Waals surface area contributed by atoms with Crippen LogP contribution < -0.4 is 4.74 Å². The zero-order chi connectivity index (χ0) is 11.6. The average molecular weight is 224 g/mol. The van der Waals surface area contributed by atoms with Crippen molar-refractivity contribution in [3.63, 3.8) is 0 Å². The molecule has 0 N–H and O–H groups in total. The molecule has 86 valence electrons. The SMILES string of the molecule is CC(=O)OC1(Oc2ccccc2F)CCC1. The summed E-state index contributed by atoms with van der Waals surface area (Å²) in [5, 5.41) is 0. The fourth-order valence-electron chi connectivity index (χ4n) is 1.68. The van der Waals surface area contributed by atoms with Crippen molar-refractivity contribution < 1.29 is 18.7 Å². The minimum Gasteiger partial charge on any atom is -0.449 e. The highest BCUT2D eigenvalue weighted by Gasteiger charge is 2.43. The van der Waals surface area contributed by atoms with Crippen molar-refractivity contribution in [2.75, 3.05) is 0 Å². The Balaban J connectivity index is 2.13. The van der Waals surface area contributed by atoms with Gasteiger partial charge in [0.05, 0.1) is 0 Å². The topological polar surface area (TPSA) is 35.5 Å². The Hall–Kier alpha value is -1.58. The third kappa shape index (κ3) is 2.15. The van der Waals surface area contributed by atoms with E-state index in [4.69, 9.17) is 9.47 Å². The molecule has 2 rings (SSSR count). The van der Waals surface area contributed by atoms with Crippen LogP contribution in [0.15, 0.2) is 24.3 Å². The van der Waals surface area contributed by atoms with Crippen LogP contribution in [-0.2, 0) is 9.53 Å². The van der Waals surface area contributed by atoms with Gasteiger partial charge in [-0.2, -0.15) is 0 Å². The molecule has 1 fully saturated rings. The van der Waals surface area contributed by atoms with Gasteiger partial charge in [0.15, 0.2) is 11.6 Å². The molecule has 0 unspecified atom stereocenters. The van der Waals surface area contributed by atoms with Gasteiger partial charge < -0.3 is 9.47 Å². The Labute approximate surface area is 93.2 Å². The summed E-state index contributed by atoms with van der Waals surface area (Å²) < 4.78 is 23.9. The standard InChI is InChI=1S/C12H13FO3/c1-9(14)15-12(7-4-8-12)16-11-6-3-2-5-10(11)13/h2-3,5-6H,4,7-8H2,1H3. The van der Waals surface area contributed by atoms with Crippen molar-refractivity contribution in [3.05, 3.63) is 30.1 Å². The highest BCUT2D eigenvalue weighted by Crippen LogP contribution is 2.38. The first-order valence-corrected chi connectivity index (χ1v) is 5.24. The minimum atomic E-state index is -0.950. The van der Waals surface area contributed by atoms with Crippen molar-refractivity contribution in [1.29, 1.82) is 0 Å². The van der Waals surface area contributed by atoms with E-state index in [0.717, 1.165) is 6.42 Å². The van der Waals surface area contributed by atoms with E-state index in [-0.39, 0.29) is 5.75 Å². The highest BCUT2D eigenvalue weighted by atomic mass is 19.1. The number of carbonyl (C=O) groups is 1. The van der Waals surface area contributed by atoms with Gasteiger partial charge in [-0.1, -0.05) is 12.1 Å². The van der Waals surface area contributed by atoms with Crippen molar-refractivity contribution in [2.24, 2.45) is 0 Å². The molecule has 0 aliphatic heterocycles. The fourth-order valence-corrected chi connectivity index (χ4v) is 1.68. The maximum atomic E-state index is 13.4. The number of halogens is 1. The lowest BCUT2D eigenvalue weighted by Gasteiger charge is -2.40. The van der Waals surface area contributed by atoms with Crippen molar-refractivity contribution in [3.8, 4) is 5.75 Å². The Morgan fingerprint density at radius 3 is 2.56 bits per heavy atom. The first-order chi connectivity index (χ1) is 7.61. The van der Waals surface area contributed by atoms with Crippen LogP contribution in [0, 0.1) is 5.82 Å². The molecule has 0 saturated heterocycles. The van der Waals surface area contributed by atoms with Crippen LogP contribution in [0.4, 0.5) is 4.39 Å². The van der Waals surface area contributed by atoms with E-state index in [1.54, 1.807) is 12.1 Å². The highest BCUT2D eigenvalue weighted by molar-refractivity contribution is 5.66. The zero-order valence-electron chi connectivity index (χ0n) is 9.03. The van der Waals surface area contributed by atoms with Gasteiger partial charge in [-0.15, -0.1) is 0 Å². The van der Waals surface area contributed by atoms with E-state index in [1.807, 2.05) is 0 Å². The van der Waals surface area contributed by atoms with E-state index in [1.165, 1.54) is 19.1 Å². The van der Waals surface area contributed by atoms with Crippen LogP contribution in [0.25, 0.3) is 0 Å². The number of para-hydroxylation sites is 1. The molecule has 0 radical (unpaired) electrons. The van der Waals surface area contributed by atoms with Gasteiger partial charge in [0.25, 0.3) is 5.79 Å². The lowest BCUT2D eigenvalue weighted by molar-refractivity contribution is -0.224. The van der Waals surface area contributed by atoms with Gasteiger partial charge in [0.1, 0.15) is 0 Å². The number of carbonyl (C=O) groups excluding carboxylic acids is 1. The summed E-state index contributed by atoms with van der Waals surface area (Å²) in [6.07, 6.45) is 2.14. The van der Waals surface area contributed by atoms with Crippen LogP contribution in [0.1, 0.15) is 26.2 Å². The summed E-state index contributed by atoms with van der Waals surface area (Å²) in [6, 6.07) is 6.11. The molecule has 0 atom stereocenters. The average Bonchev–Trinajstić information content (AvgIpc) is 2.17. The maximum Gasteiger partial charge on any atom is 0.305 e. The van der Waals surface area contributed by atoms with Crippen molar-refractivity contribution in [2.45, 2.75) is 32.0 Å². The molecule has 0 spiro atoms. The van der Waals surface area contributed by atoms with Crippen LogP contribution in [0.5, 0.6) is 5.75 Å². The Kier molecular flexibility index (Phi) is 2.81. The number of ether oxygens (including phenoxy) is 2. The number of hydrogen-bond donors (Lipinski definition) is 0.